The van der Waals surface area contributed by atoms with Gasteiger partial charge in [0.25, 0.3) is 0 Å². The molecule has 0 radical (unpaired) electrons. The molecule has 1 aromatic carbocycles. The van der Waals surface area contributed by atoms with Crippen LogP contribution in [0.4, 0.5) is 0 Å². The van der Waals surface area contributed by atoms with Gasteiger partial charge >= 0.3 is 0 Å². The molecule has 92 valence electrons. The van der Waals surface area contributed by atoms with E-state index >= 15 is 0 Å². The molecule has 18 heavy (non-hydrogen) atoms. The molecule has 0 aliphatic heterocycles. The Bertz CT molecular complexity index is 523. The average Bonchev–Trinajstić information content (AvgIpc) is 2.41. The van der Waals surface area contributed by atoms with E-state index in [1.807, 2.05) is 12.1 Å². The number of hydrogen-bond donors (Lipinski definition) is 2. The zero-order chi connectivity index (χ0) is 13.0. The lowest BCUT2D eigenvalue weighted by Gasteiger charge is -2.28. The largest absolute Gasteiger partial charge is 0.405 e. The lowest BCUT2D eigenvalue weighted by Crippen LogP contribution is -2.21. The Kier molecular flexibility index (Phi) is 3.47. The van der Waals surface area contributed by atoms with Gasteiger partial charge in [0.05, 0.1) is 5.71 Å². The maximum atomic E-state index is 7.83. The number of benzene rings is 1. The quantitative estimate of drug-likeness (QED) is 0.780. The van der Waals surface area contributed by atoms with Crippen molar-refractivity contribution in [2.75, 3.05) is 0 Å². The van der Waals surface area contributed by atoms with E-state index in [0.717, 1.165) is 12.0 Å². The number of nitrogens with one attached hydrogen (secondary N) is 1. The molecule has 0 amide bonds. The second-order valence-corrected chi connectivity index (χ2v) is 4.75. The molecular weight excluding hydrogens is 220 g/mol. The summed E-state index contributed by atoms with van der Waals surface area (Å²) in [6.07, 6.45) is 10.2. The fraction of sp³-hybridized carbons (Fsp3) is 0.188. The van der Waals surface area contributed by atoms with E-state index in [1.54, 1.807) is 6.08 Å². The van der Waals surface area contributed by atoms with Crippen LogP contribution in [-0.4, -0.2) is 5.71 Å². The second kappa shape index (κ2) is 5.05. The van der Waals surface area contributed by atoms with Crippen molar-refractivity contribution >= 4 is 5.71 Å². The van der Waals surface area contributed by atoms with Crippen molar-refractivity contribution in [2.45, 2.75) is 18.8 Å². The Morgan fingerprint density at radius 1 is 1.33 bits per heavy atom. The molecule has 3 N–H and O–H groups in total. The van der Waals surface area contributed by atoms with E-state index in [9.17, 15) is 0 Å². The highest BCUT2D eigenvalue weighted by atomic mass is 14.5. The predicted molar refractivity (Wildman–Crippen MR) is 76.7 cm³/mol. The first-order chi connectivity index (χ1) is 8.65. The Morgan fingerprint density at radius 3 is 2.61 bits per heavy atom. The minimum absolute atomic E-state index is 0.0253. The minimum Gasteiger partial charge on any atom is -0.405 e. The molecule has 0 saturated heterocycles. The Balaban J connectivity index is 2.20. The van der Waals surface area contributed by atoms with E-state index in [1.165, 1.54) is 11.8 Å². The van der Waals surface area contributed by atoms with Crippen LogP contribution in [0.25, 0.3) is 0 Å². The van der Waals surface area contributed by atoms with Crippen LogP contribution in [0, 0.1) is 5.41 Å². The van der Waals surface area contributed by atoms with E-state index in [0.29, 0.717) is 5.71 Å². The molecule has 1 atom stereocenters. The van der Waals surface area contributed by atoms with Crippen molar-refractivity contribution in [3.8, 4) is 0 Å². The third kappa shape index (κ3) is 2.43. The van der Waals surface area contributed by atoms with Gasteiger partial charge in [-0.15, -0.1) is 0 Å². The van der Waals surface area contributed by atoms with Gasteiger partial charge in [-0.25, -0.2) is 0 Å². The van der Waals surface area contributed by atoms with Gasteiger partial charge in [0.15, 0.2) is 0 Å². The molecule has 0 spiro atoms. The summed E-state index contributed by atoms with van der Waals surface area (Å²) in [5.41, 5.74) is 8.03. The van der Waals surface area contributed by atoms with Crippen LogP contribution < -0.4 is 5.73 Å². The summed E-state index contributed by atoms with van der Waals surface area (Å²) in [5, 5.41) is 7.83. The SMILES string of the molecule is CC1(c2ccccc2)C=CC(C(=N)/C=C\N)=CC1. The van der Waals surface area contributed by atoms with E-state index in [2.05, 4.69) is 43.3 Å². The summed E-state index contributed by atoms with van der Waals surface area (Å²) in [5.74, 6) is 0. The lowest BCUT2D eigenvalue weighted by molar-refractivity contribution is 0.598. The van der Waals surface area contributed by atoms with Gasteiger partial charge in [0, 0.05) is 5.41 Å². The lowest BCUT2D eigenvalue weighted by atomic mass is 9.76. The van der Waals surface area contributed by atoms with Crippen LogP contribution in [0.15, 0.2) is 66.4 Å². The van der Waals surface area contributed by atoms with Crippen molar-refractivity contribution < 1.29 is 0 Å². The molecule has 2 rings (SSSR count). The fourth-order valence-corrected chi connectivity index (χ4v) is 2.16. The summed E-state index contributed by atoms with van der Waals surface area (Å²) >= 11 is 0. The van der Waals surface area contributed by atoms with Gasteiger partial charge in [-0.05, 0) is 29.8 Å². The molecule has 1 aromatic rings. The second-order valence-electron chi connectivity index (χ2n) is 4.75. The van der Waals surface area contributed by atoms with E-state index in [4.69, 9.17) is 11.1 Å². The predicted octanol–water partition coefficient (Wildman–Crippen LogP) is 3.32. The number of nitrogens with two attached hydrogens (primary N) is 1. The summed E-state index contributed by atoms with van der Waals surface area (Å²) in [4.78, 5) is 0. The first kappa shape index (κ1) is 12.4. The van der Waals surface area contributed by atoms with Gasteiger partial charge in [0.2, 0.25) is 0 Å². The van der Waals surface area contributed by atoms with Crippen molar-refractivity contribution in [2.24, 2.45) is 5.73 Å². The average molecular weight is 238 g/mol. The van der Waals surface area contributed by atoms with Crippen LogP contribution in [0.1, 0.15) is 18.9 Å². The molecule has 0 bridgehead atoms. The van der Waals surface area contributed by atoms with Crippen LogP contribution in [-0.2, 0) is 5.41 Å². The van der Waals surface area contributed by atoms with Crippen LogP contribution >= 0.6 is 0 Å². The van der Waals surface area contributed by atoms with Crippen LogP contribution in [0.3, 0.4) is 0 Å². The van der Waals surface area contributed by atoms with Gasteiger partial charge < -0.3 is 11.1 Å². The van der Waals surface area contributed by atoms with Crippen molar-refractivity contribution in [1.29, 1.82) is 5.41 Å². The maximum absolute atomic E-state index is 7.83. The van der Waals surface area contributed by atoms with Crippen LogP contribution in [0.5, 0.6) is 0 Å². The normalized spacial score (nSPS) is 23.1. The molecule has 0 heterocycles. The summed E-state index contributed by atoms with van der Waals surface area (Å²) < 4.78 is 0. The van der Waals surface area contributed by atoms with Gasteiger partial charge in [-0.1, -0.05) is 55.5 Å². The molecule has 1 unspecified atom stereocenters. The zero-order valence-electron chi connectivity index (χ0n) is 10.6. The molecule has 2 heteroatoms. The molecule has 0 aromatic heterocycles. The van der Waals surface area contributed by atoms with Crippen LogP contribution in [0.2, 0.25) is 0 Å². The molecule has 1 aliphatic rings. The smallest absolute Gasteiger partial charge is 0.0623 e. The molecule has 0 fully saturated rings. The van der Waals surface area contributed by atoms with Crippen molar-refractivity contribution in [3.63, 3.8) is 0 Å². The monoisotopic (exact) mass is 238 g/mol. The first-order valence-corrected chi connectivity index (χ1v) is 6.08. The summed E-state index contributed by atoms with van der Waals surface area (Å²) in [6, 6.07) is 10.4. The minimum atomic E-state index is 0.0253. The van der Waals surface area contributed by atoms with Crippen molar-refractivity contribution in [3.05, 3.63) is 72.0 Å². The highest BCUT2D eigenvalue weighted by Crippen LogP contribution is 2.33. The summed E-state index contributed by atoms with van der Waals surface area (Å²) in [6.45, 7) is 2.22. The fourth-order valence-electron chi connectivity index (χ4n) is 2.16. The third-order valence-electron chi connectivity index (χ3n) is 3.38. The standard InChI is InChI=1S/C16H18N2/c1-16(14-5-3-2-4-6-14)10-7-13(8-11-16)15(18)9-12-17/h2-10,12,18H,11,17H2,1H3/b12-9-,18-15?. The first-order valence-electron chi connectivity index (χ1n) is 6.08. The highest BCUT2D eigenvalue weighted by Gasteiger charge is 2.24. The third-order valence-corrected chi connectivity index (χ3v) is 3.38. The number of rotatable bonds is 3. The summed E-state index contributed by atoms with van der Waals surface area (Å²) in [7, 11) is 0. The van der Waals surface area contributed by atoms with E-state index in [-0.39, 0.29) is 5.41 Å². The highest BCUT2D eigenvalue weighted by molar-refractivity contribution is 6.08. The Hall–Kier alpha value is -2.09. The van der Waals surface area contributed by atoms with Gasteiger partial charge in [-0.3, -0.25) is 0 Å². The maximum Gasteiger partial charge on any atom is 0.0623 e. The van der Waals surface area contributed by atoms with E-state index < -0.39 is 0 Å². The number of allylic oxidation sites excluding steroid dienone is 5. The van der Waals surface area contributed by atoms with Crippen molar-refractivity contribution in [1.82, 2.24) is 0 Å². The van der Waals surface area contributed by atoms with Gasteiger partial charge in [0.1, 0.15) is 0 Å². The molecule has 0 saturated carbocycles. The molecule has 1 aliphatic carbocycles. The number of hydrogen-bond acceptors (Lipinski definition) is 2. The Labute approximate surface area is 108 Å². The van der Waals surface area contributed by atoms with Gasteiger partial charge in [-0.2, -0.15) is 0 Å². The Morgan fingerprint density at radius 2 is 2.06 bits per heavy atom. The topological polar surface area (TPSA) is 49.9 Å². The molecule has 2 nitrogen and oxygen atoms in total. The molecular formula is C16H18N2. The zero-order valence-corrected chi connectivity index (χ0v) is 10.6.